The summed E-state index contributed by atoms with van der Waals surface area (Å²) < 4.78 is 0. The smallest absolute Gasteiger partial charge is 0.0856 e. The molecule has 0 unspecified atom stereocenters. The molecule has 0 atom stereocenters. The summed E-state index contributed by atoms with van der Waals surface area (Å²) in [5, 5.41) is 11.0. The lowest BCUT2D eigenvalue weighted by atomic mass is 9.75. The molecule has 0 bridgehead atoms. The first-order chi connectivity index (χ1) is 13.0. The van der Waals surface area contributed by atoms with Crippen LogP contribution in [-0.2, 0) is 6.61 Å². The molecule has 4 rings (SSSR count). The molecule has 1 fully saturated rings. The van der Waals surface area contributed by atoms with E-state index in [0.29, 0.717) is 17.3 Å². The molecular formula is C22H26N4O. The van der Waals surface area contributed by atoms with E-state index in [0.717, 1.165) is 53.4 Å². The molecular weight excluding hydrogens is 336 g/mol. The summed E-state index contributed by atoms with van der Waals surface area (Å²) in [6.45, 7) is 1.99. The number of hydrogen-bond acceptors (Lipinski definition) is 5. The lowest BCUT2D eigenvalue weighted by Gasteiger charge is -2.35. The number of nitrogens with two attached hydrogens (primary N) is 2. The Balaban J connectivity index is 1.72. The number of aliphatic hydroxyl groups excluding tert-OH is 1. The largest absolute Gasteiger partial charge is 0.398 e. The maximum Gasteiger partial charge on any atom is 0.0856 e. The highest BCUT2D eigenvalue weighted by Crippen LogP contribution is 2.41. The molecule has 0 aliphatic heterocycles. The first-order valence-electron chi connectivity index (χ1n) is 9.51. The van der Waals surface area contributed by atoms with Crippen LogP contribution in [0.5, 0.6) is 0 Å². The summed E-state index contributed by atoms with van der Waals surface area (Å²) in [5.74, 6) is 0.309. The van der Waals surface area contributed by atoms with Gasteiger partial charge < -0.3 is 16.6 Å². The molecule has 2 aromatic heterocycles. The predicted octanol–water partition coefficient (Wildman–Crippen LogP) is 3.75. The molecule has 0 amide bonds. The topological polar surface area (TPSA) is 98.1 Å². The zero-order valence-corrected chi connectivity index (χ0v) is 15.7. The fraction of sp³-hybridized carbons (Fsp3) is 0.364. The summed E-state index contributed by atoms with van der Waals surface area (Å²) in [5.41, 5.74) is 17.6. The van der Waals surface area contributed by atoms with Gasteiger partial charge in [0.15, 0.2) is 0 Å². The molecule has 3 aromatic rings. The van der Waals surface area contributed by atoms with Crippen LogP contribution >= 0.6 is 0 Å². The summed E-state index contributed by atoms with van der Waals surface area (Å²) in [6, 6.07) is 11.9. The van der Waals surface area contributed by atoms with E-state index >= 15 is 0 Å². The van der Waals surface area contributed by atoms with Crippen molar-refractivity contribution in [1.29, 1.82) is 0 Å². The monoisotopic (exact) mass is 362 g/mol. The number of benzene rings is 1. The van der Waals surface area contributed by atoms with Crippen LogP contribution in [-0.4, -0.2) is 20.6 Å². The Kier molecular flexibility index (Phi) is 4.58. The van der Waals surface area contributed by atoms with E-state index < -0.39 is 0 Å². The number of rotatable bonds is 3. The molecule has 5 heteroatoms. The third kappa shape index (κ3) is 3.53. The Hall–Kier alpha value is -2.50. The summed E-state index contributed by atoms with van der Waals surface area (Å²) in [4.78, 5) is 9.17. The van der Waals surface area contributed by atoms with Gasteiger partial charge in [0.1, 0.15) is 0 Å². The van der Waals surface area contributed by atoms with Crippen molar-refractivity contribution in [1.82, 2.24) is 9.97 Å². The van der Waals surface area contributed by atoms with Crippen molar-refractivity contribution in [2.75, 3.05) is 5.73 Å². The van der Waals surface area contributed by atoms with Crippen molar-refractivity contribution >= 4 is 16.6 Å². The van der Waals surface area contributed by atoms with Gasteiger partial charge in [0.2, 0.25) is 0 Å². The Morgan fingerprint density at radius 3 is 2.70 bits per heavy atom. The van der Waals surface area contributed by atoms with Crippen LogP contribution in [0, 0.1) is 0 Å². The van der Waals surface area contributed by atoms with Gasteiger partial charge in [0, 0.05) is 33.9 Å². The van der Waals surface area contributed by atoms with Crippen LogP contribution in [0.1, 0.15) is 49.8 Å². The fourth-order valence-corrected chi connectivity index (χ4v) is 4.16. The van der Waals surface area contributed by atoms with Gasteiger partial charge in [-0.25, -0.2) is 4.98 Å². The summed E-state index contributed by atoms with van der Waals surface area (Å²) in [7, 11) is 0. The van der Waals surface area contributed by atoms with E-state index in [4.69, 9.17) is 16.5 Å². The van der Waals surface area contributed by atoms with Gasteiger partial charge in [-0.1, -0.05) is 18.2 Å². The van der Waals surface area contributed by atoms with Crippen molar-refractivity contribution in [3.8, 4) is 11.3 Å². The van der Waals surface area contributed by atoms with Crippen molar-refractivity contribution in [3.63, 3.8) is 0 Å². The number of aliphatic hydroxyl groups is 1. The minimum atomic E-state index is -0.115. The molecule has 27 heavy (non-hydrogen) atoms. The lowest BCUT2D eigenvalue weighted by molar-refractivity contribution is 0.267. The number of pyridine rings is 2. The van der Waals surface area contributed by atoms with E-state index in [1.807, 2.05) is 36.4 Å². The maximum absolute atomic E-state index is 9.96. The fourth-order valence-electron chi connectivity index (χ4n) is 4.16. The van der Waals surface area contributed by atoms with Gasteiger partial charge in [0.05, 0.1) is 23.5 Å². The van der Waals surface area contributed by atoms with Crippen molar-refractivity contribution in [2.45, 2.75) is 50.7 Å². The lowest BCUT2D eigenvalue weighted by Crippen LogP contribution is -2.39. The molecule has 5 nitrogen and oxygen atoms in total. The van der Waals surface area contributed by atoms with E-state index in [-0.39, 0.29) is 12.1 Å². The molecule has 2 heterocycles. The minimum Gasteiger partial charge on any atom is -0.398 e. The average Bonchev–Trinajstić information content (AvgIpc) is 2.67. The van der Waals surface area contributed by atoms with E-state index in [1.54, 1.807) is 6.20 Å². The number of nitrogen functional groups attached to an aromatic ring is 1. The normalized spacial score (nSPS) is 22.9. The Labute approximate surface area is 159 Å². The number of anilines is 1. The van der Waals surface area contributed by atoms with Crippen LogP contribution in [0.3, 0.4) is 0 Å². The van der Waals surface area contributed by atoms with Crippen LogP contribution < -0.4 is 11.5 Å². The van der Waals surface area contributed by atoms with Crippen molar-refractivity contribution in [3.05, 3.63) is 53.9 Å². The number of hydrogen-bond donors (Lipinski definition) is 3. The number of aromatic nitrogens is 2. The molecule has 0 saturated heterocycles. The zero-order valence-electron chi connectivity index (χ0n) is 15.7. The van der Waals surface area contributed by atoms with Gasteiger partial charge in [-0.15, -0.1) is 0 Å². The van der Waals surface area contributed by atoms with Crippen LogP contribution in [0.4, 0.5) is 5.69 Å². The third-order valence-corrected chi connectivity index (χ3v) is 5.76. The minimum absolute atomic E-state index is 0.101. The molecule has 0 spiro atoms. The van der Waals surface area contributed by atoms with Crippen LogP contribution in [0.2, 0.25) is 0 Å². The highest BCUT2D eigenvalue weighted by molar-refractivity contribution is 5.84. The van der Waals surface area contributed by atoms with Gasteiger partial charge >= 0.3 is 0 Å². The average molecular weight is 362 g/mol. The molecule has 1 aliphatic rings. The second-order valence-corrected chi connectivity index (χ2v) is 7.95. The van der Waals surface area contributed by atoms with Gasteiger partial charge in [-0.05, 0) is 56.7 Å². The standard InChI is InChI=1S/C22H26N4O/c1-22(24)8-6-15(7-9-22)21-17(23)12-19(26-20(21)13-27)16-5-4-14-3-2-10-25-18(14)11-16/h2-5,10-12,15,27H,6-9,13,24H2,1H3,(H2,23,26). The second kappa shape index (κ2) is 6.91. The molecule has 1 saturated carbocycles. The molecule has 0 radical (unpaired) electrons. The highest BCUT2D eigenvalue weighted by Gasteiger charge is 2.30. The second-order valence-electron chi connectivity index (χ2n) is 7.95. The van der Waals surface area contributed by atoms with Gasteiger partial charge in [-0.3, -0.25) is 4.98 Å². The molecule has 140 valence electrons. The van der Waals surface area contributed by atoms with E-state index in [2.05, 4.69) is 11.9 Å². The first kappa shape index (κ1) is 17.9. The summed E-state index contributed by atoms with van der Waals surface area (Å²) in [6.07, 6.45) is 5.65. The summed E-state index contributed by atoms with van der Waals surface area (Å²) >= 11 is 0. The number of nitrogens with zero attached hydrogens (tertiary/aromatic N) is 2. The molecule has 5 N–H and O–H groups in total. The highest BCUT2D eigenvalue weighted by atomic mass is 16.3. The van der Waals surface area contributed by atoms with Crippen LogP contribution in [0.25, 0.3) is 22.2 Å². The predicted molar refractivity (Wildman–Crippen MR) is 109 cm³/mol. The number of fused-ring (bicyclic) bond motifs is 1. The van der Waals surface area contributed by atoms with Crippen LogP contribution in [0.15, 0.2) is 42.6 Å². The maximum atomic E-state index is 9.96. The van der Waals surface area contributed by atoms with E-state index in [1.165, 1.54) is 0 Å². The quantitative estimate of drug-likeness (QED) is 0.659. The Morgan fingerprint density at radius 2 is 1.96 bits per heavy atom. The van der Waals surface area contributed by atoms with Gasteiger partial charge in [-0.2, -0.15) is 0 Å². The first-order valence-corrected chi connectivity index (χ1v) is 9.51. The SMILES string of the molecule is CC1(N)CCC(c2c(N)cc(-c3ccc4cccnc4c3)nc2CO)CC1. The zero-order chi connectivity index (χ0) is 19.0. The third-order valence-electron chi connectivity index (χ3n) is 5.76. The Bertz CT molecular complexity index is 973. The Morgan fingerprint density at radius 1 is 1.19 bits per heavy atom. The van der Waals surface area contributed by atoms with Crippen molar-refractivity contribution < 1.29 is 5.11 Å². The molecule has 1 aromatic carbocycles. The van der Waals surface area contributed by atoms with Crippen molar-refractivity contribution in [2.24, 2.45) is 5.73 Å². The van der Waals surface area contributed by atoms with Gasteiger partial charge in [0.25, 0.3) is 0 Å². The molecule has 1 aliphatic carbocycles. The van der Waals surface area contributed by atoms with E-state index in [9.17, 15) is 5.11 Å².